The lowest BCUT2D eigenvalue weighted by Crippen LogP contribution is -2.47. The molecule has 24 heavy (non-hydrogen) atoms. The molecule has 0 atom stereocenters. The van der Waals surface area contributed by atoms with E-state index >= 15 is 0 Å². The lowest BCUT2D eigenvalue weighted by molar-refractivity contribution is -0.921. The fraction of sp³-hybridized carbons (Fsp3) is 0.667. The molecule has 0 heterocycles. The predicted octanol–water partition coefficient (Wildman–Crippen LogP) is 1.43. The molecule has 0 aliphatic rings. The highest BCUT2D eigenvalue weighted by Gasteiger charge is 2.16. The van der Waals surface area contributed by atoms with Crippen molar-refractivity contribution in [1.29, 1.82) is 0 Å². The van der Waals surface area contributed by atoms with Crippen LogP contribution >= 0.6 is 7.60 Å². The summed E-state index contributed by atoms with van der Waals surface area (Å²) in [5.41, 5.74) is 0. The summed E-state index contributed by atoms with van der Waals surface area (Å²) >= 11 is 0. The Kier molecular flexibility index (Phi) is 12.5. The number of nitrogens with zero attached hydrogens (tertiary/aromatic N) is 2. The van der Waals surface area contributed by atoms with E-state index in [0.29, 0.717) is 0 Å². The maximum absolute atomic E-state index is 10.3. The molecule has 0 aromatic heterocycles. The van der Waals surface area contributed by atoms with Crippen LogP contribution in [0.15, 0.2) is 30.3 Å². The van der Waals surface area contributed by atoms with E-state index in [4.69, 9.17) is 0 Å². The first-order valence-electron chi connectivity index (χ1n) is 8.56. The maximum Gasteiger partial charge on any atom is 0.0757 e. The van der Waals surface area contributed by atoms with Crippen LogP contribution in [-0.2, 0) is 4.57 Å². The second-order valence-corrected chi connectivity index (χ2v) is 8.63. The Morgan fingerprint density at radius 2 is 1.08 bits per heavy atom. The summed E-state index contributed by atoms with van der Waals surface area (Å²) in [6, 6.07) is 7.23. The molecule has 0 amide bonds. The standard InChI is InChI=1S/C8H20N.C6H7O3P.C4H12N/c1-5-9(6-2,7-3)8-4;7-10(8,9)6-4-2-1-3-5-6;1-5(2,3)4/h5-8H2,1-4H3;1-5H,(H2,7,8,9);1-4H3/q+1;;+1/p-2. The SMILES string of the molecule is CC[N+](CC)(CC)CC.C[N+](C)(C)C.O=P([O-])([O-])c1ccccc1. The lowest BCUT2D eigenvalue weighted by Gasteiger charge is -2.34. The van der Waals surface area contributed by atoms with Crippen molar-refractivity contribution in [2.45, 2.75) is 27.7 Å². The Hall–Kier alpha value is -0.710. The summed E-state index contributed by atoms with van der Waals surface area (Å²) in [7, 11) is 3.98. The summed E-state index contributed by atoms with van der Waals surface area (Å²) < 4.78 is 12.6. The zero-order valence-corrected chi connectivity index (χ0v) is 17.7. The van der Waals surface area contributed by atoms with Gasteiger partial charge in [-0.15, -0.1) is 0 Å². The van der Waals surface area contributed by atoms with Crippen LogP contribution in [0.2, 0.25) is 0 Å². The molecule has 1 rings (SSSR count). The lowest BCUT2D eigenvalue weighted by atomic mass is 10.3. The fourth-order valence-corrected chi connectivity index (χ4v) is 2.49. The molecule has 0 saturated carbocycles. The molecule has 0 saturated heterocycles. The van der Waals surface area contributed by atoms with Gasteiger partial charge in [-0.2, -0.15) is 0 Å². The molecule has 0 aliphatic heterocycles. The van der Waals surface area contributed by atoms with Crippen LogP contribution in [0.3, 0.4) is 0 Å². The van der Waals surface area contributed by atoms with E-state index in [1.54, 1.807) is 6.07 Å². The minimum absolute atomic E-state index is 0.157. The monoisotopic (exact) mass is 360 g/mol. The number of benzene rings is 1. The molecule has 0 radical (unpaired) electrons. The molecule has 1 aromatic rings. The number of quaternary nitrogens is 2. The fourth-order valence-electron chi connectivity index (χ4n) is 1.95. The van der Waals surface area contributed by atoms with Gasteiger partial charge in [0.05, 0.1) is 54.4 Å². The third-order valence-electron chi connectivity index (χ3n) is 3.76. The summed E-state index contributed by atoms with van der Waals surface area (Å²) in [6.45, 7) is 14.2. The van der Waals surface area contributed by atoms with Crippen LogP contribution in [-0.4, -0.2) is 63.3 Å². The molecule has 0 unspecified atom stereocenters. The van der Waals surface area contributed by atoms with Crippen molar-refractivity contribution in [2.75, 3.05) is 54.4 Å². The van der Waals surface area contributed by atoms with Gasteiger partial charge in [0, 0.05) is 0 Å². The third-order valence-corrected chi connectivity index (χ3v) is 4.69. The zero-order valence-electron chi connectivity index (χ0n) is 16.8. The van der Waals surface area contributed by atoms with Crippen molar-refractivity contribution in [3.05, 3.63) is 30.3 Å². The van der Waals surface area contributed by atoms with Crippen LogP contribution in [0.1, 0.15) is 27.7 Å². The average Bonchev–Trinajstić information content (AvgIpc) is 2.49. The molecule has 5 nitrogen and oxygen atoms in total. The Labute approximate surface area is 149 Å². The van der Waals surface area contributed by atoms with E-state index in [0.717, 1.165) is 4.48 Å². The van der Waals surface area contributed by atoms with Gasteiger partial charge in [0.25, 0.3) is 0 Å². The number of hydrogen-bond donors (Lipinski definition) is 0. The normalized spacial score (nSPS) is 11.8. The van der Waals surface area contributed by atoms with Crippen molar-refractivity contribution in [3.8, 4) is 0 Å². The quantitative estimate of drug-likeness (QED) is 0.589. The zero-order chi connectivity index (χ0) is 19.4. The Balaban J connectivity index is 0. The van der Waals surface area contributed by atoms with Crippen molar-refractivity contribution < 1.29 is 23.3 Å². The van der Waals surface area contributed by atoms with Crippen LogP contribution in [0.4, 0.5) is 0 Å². The van der Waals surface area contributed by atoms with Crippen molar-refractivity contribution in [2.24, 2.45) is 0 Å². The van der Waals surface area contributed by atoms with Gasteiger partial charge in [0.1, 0.15) is 0 Å². The van der Waals surface area contributed by atoms with Gasteiger partial charge < -0.3 is 23.3 Å². The summed E-state index contributed by atoms with van der Waals surface area (Å²) in [6.07, 6.45) is 0. The molecule has 0 spiro atoms. The highest BCUT2D eigenvalue weighted by molar-refractivity contribution is 7.57. The van der Waals surface area contributed by atoms with Crippen molar-refractivity contribution >= 4 is 12.9 Å². The second kappa shape index (κ2) is 11.8. The number of rotatable bonds is 5. The second-order valence-electron chi connectivity index (χ2n) is 7.12. The van der Waals surface area contributed by atoms with E-state index in [1.165, 1.54) is 54.9 Å². The Morgan fingerprint density at radius 1 is 0.792 bits per heavy atom. The molecule has 0 bridgehead atoms. The summed E-state index contributed by atoms with van der Waals surface area (Å²) in [5.74, 6) is 0. The first-order chi connectivity index (χ1) is 10.8. The minimum atomic E-state index is -4.52. The molecular formula is C18H37N2O3P. The van der Waals surface area contributed by atoms with E-state index in [9.17, 15) is 14.4 Å². The van der Waals surface area contributed by atoms with Gasteiger partial charge in [-0.3, -0.25) is 0 Å². The van der Waals surface area contributed by atoms with Gasteiger partial charge in [0.15, 0.2) is 0 Å². The van der Waals surface area contributed by atoms with Gasteiger partial charge in [0.2, 0.25) is 0 Å². The van der Waals surface area contributed by atoms with Gasteiger partial charge >= 0.3 is 0 Å². The van der Waals surface area contributed by atoms with Gasteiger partial charge in [-0.1, -0.05) is 30.3 Å². The first kappa shape index (κ1) is 25.5. The molecule has 0 fully saturated rings. The number of hydrogen-bond acceptors (Lipinski definition) is 3. The van der Waals surface area contributed by atoms with E-state index in [-0.39, 0.29) is 5.30 Å². The predicted molar refractivity (Wildman–Crippen MR) is 100 cm³/mol. The smallest absolute Gasteiger partial charge is 0.0757 e. The van der Waals surface area contributed by atoms with E-state index < -0.39 is 7.60 Å². The molecule has 1 aromatic carbocycles. The Bertz CT molecular complexity index is 439. The van der Waals surface area contributed by atoms with Crippen LogP contribution < -0.4 is 15.1 Å². The van der Waals surface area contributed by atoms with Crippen LogP contribution in [0.5, 0.6) is 0 Å². The van der Waals surface area contributed by atoms with Crippen LogP contribution in [0.25, 0.3) is 0 Å². The van der Waals surface area contributed by atoms with E-state index in [2.05, 4.69) is 55.9 Å². The van der Waals surface area contributed by atoms with Gasteiger partial charge in [-0.25, -0.2) is 0 Å². The third kappa shape index (κ3) is 13.7. The highest BCUT2D eigenvalue weighted by Crippen LogP contribution is 2.20. The van der Waals surface area contributed by atoms with Crippen LogP contribution in [0, 0.1) is 0 Å². The van der Waals surface area contributed by atoms with Crippen molar-refractivity contribution in [1.82, 2.24) is 0 Å². The highest BCUT2D eigenvalue weighted by atomic mass is 31.2. The van der Waals surface area contributed by atoms with Crippen molar-refractivity contribution in [3.63, 3.8) is 0 Å². The average molecular weight is 360 g/mol. The topological polar surface area (TPSA) is 63.2 Å². The molecule has 142 valence electrons. The molecule has 0 N–H and O–H groups in total. The Morgan fingerprint density at radius 3 is 1.21 bits per heavy atom. The summed E-state index contributed by atoms with van der Waals surface area (Å²) in [4.78, 5) is 20.6. The molecule has 6 heteroatoms. The molecule has 0 aliphatic carbocycles. The first-order valence-corrected chi connectivity index (χ1v) is 10.1. The molecular weight excluding hydrogens is 323 g/mol. The van der Waals surface area contributed by atoms with E-state index in [1.807, 2.05) is 0 Å². The van der Waals surface area contributed by atoms with Gasteiger partial charge in [-0.05, 0) is 40.6 Å². The summed E-state index contributed by atoms with van der Waals surface area (Å²) in [5, 5.41) is -0.157. The largest absolute Gasteiger partial charge is 0.807 e. The minimum Gasteiger partial charge on any atom is -0.807 e. The maximum atomic E-state index is 10.3.